The fourth-order valence-corrected chi connectivity index (χ4v) is 2.27. The minimum absolute atomic E-state index is 0.0356. The Morgan fingerprint density at radius 3 is 2.65 bits per heavy atom. The molecule has 2 aromatic carbocycles. The van der Waals surface area contributed by atoms with Crippen molar-refractivity contribution in [3.05, 3.63) is 63.2 Å². The van der Waals surface area contributed by atoms with Crippen LogP contribution in [-0.4, -0.2) is 30.8 Å². The highest BCUT2D eigenvalue weighted by molar-refractivity contribution is 5.95. The van der Waals surface area contributed by atoms with Gasteiger partial charge in [0.2, 0.25) is 0 Å². The predicted octanol–water partition coefficient (Wildman–Crippen LogP) is 3.07. The molecule has 0 bridgehead atoms. The summed E-state index contributed by atoms with van der Waals surface area (Å²) in [5.74, 6) is 0.725. The van der Waals surface area contributed by atoms with Gasteiger partial charge in [0.1, 0.15) is 0 Å². The van der Waals surface area contributed by atoms with Crippen molar-refractivity contribution in [2.75, 3.05) is 13.7 Å². The van der Waals surface area contributed by atoms with E-state index >= 15 is 0 Å². The number of nitro benzene ring substituents is 1. The molecule has 0 saturated carbocycles. The van der Waals surface area contributed by atoms with E-state index in [1.165, 1.54) is 31.5 Å². The number of nitro groups is 1. The molecule has 1 amide bonds. The number of benzene rings is 2. The van der Waals surface area contributed by atoms with E-state index in [2.05, 4.69) is 10.5 Å². The Kier molecular flexibility index (Phi) is 6.26. The van der Waals surface area contributed by atoms with E-state index in [1.807, 2.05) is 6.92 Å². The van der Waals surface area contributed by atoms with Crippen LogP contribution < -0.4 is 14.9 Å². The number of hydrogen-bond acceptors (Lipinski definition) is 6. The monoisotopic (exact) mass is 357 g/mol. The fourth-order valence-electron chi connectivity index (χ4n) is 2.27. The molecule has 0 spiro atoms. The normalized spacial score (nSPS) is 10.6. The van der Waals surface area contributed by atoms with Crippen molar-refractivity contribution in [3.8, 4) is 11.5 Å². The number of nitrogens with one attached hydrogen (secondary N) is 1. The Morgan fingerprint density at radius 2 is 2.04 bits per heavy atom. The maximum absolute atomic E-state index is 12.1. The van der Waals surface area contributed by atoms with Gasteiger partial charge in [-0.1, -0.05) is 0 Å². The van der Waals surface area contributed by atoms with E-state index in [0.29, 0.717) is 29.2 Å². The highest BCUT2D eigenvalue weighted by atomic mass is 16.6. The van der Waals surface area contributed by atoms with E-state index in [9.17, 15) is 14.9 Å². The summed E-state index contributed by atoms with van der Waals surface area (Å²) >= 11 is 0. The van der Waals surface area contributed by atoms with Crippen molar-refractivity contribution >= 4 is 17.8 Å². The van der Waals surface area contributed by atoms with Crippen molar-refractivity contribution in [2.24, 2.45) is 5.10 Å². The number of amides is 1. The minimum atomic E-state index is -0.492. The lowest BCUT2D eigenvalue weighted by Crippen LogP contribution is -2.17. The maximum atomic E-state index is 12.1. The van der Waals surface area contributed by atoms with Crippen LogP contribution in [0.1, 0.15) is 28.4 Å². The molecule has 2 aromatic rings. The van der Waals surface area contributed by atoms with Crippen LogP contribution in [-0.2, 0) is 0 Å². The van der Waals surface area contributed by atoms with Gasteiger partial charge in [-0.2, -0.15) is 5.10 Å². The van der Waals surface area contributed by atoms with Crippen LogP contribution >= 0.6 is 0 Å². The summed E-state index contributed by atoms with van der Waals surface area (Å²) in [6.07, 6.45) is 1.47. The molecule has 136 valence electrons. The number of nitrogens with zero attached hydrogens (tertiary/aromatic N) is 2. The minimum Gasteiger partial charge on any atom is -0.493 e. The predicted molar refractivity (Wildman–Crippen MR) is 97.1 cm³/mol. The zero-order chi connectivity index (χ0) is 19.1. The molecule has 0 aliphatic heterocycles. The second-order valence-corrected chi connectivity index (χ2v) is 5.30. The molecule has 0 saturated heterocycles. The molecule has 0 fully saturated rings. The maximum Gasteiger partial charge on any atom is 0.272 e. The zero-order valence-corrected chi connectivity index (χ0v) is 14.7. The summed E-state index contributed by atoms with van der Waals surface area (Å²) in [5, 5.41) is 14.7. The van der Waals surface area contributed by atoms with Crippen LogP contribution in [0, 0.1) is 17.0 Å². The van der Waals surface area contributed by atoms with Gasteiger partial charge >= 0.3 is 0 Å². The van der Waals surface area contributed by atoms with Gasteiger partial charge in [-0.25, -0.2) is 5.43 Å². The van der Waals surface area contributed by atoms with Gasteiger partial charge in [0, 0.05) is 17.2 Å². The van der Waals surface area contributed by atoms with E-state index in [1.54, 1.807) is 25.1 Å². The highest BCUT2D eigenvalue weighted by Gasteiger charge is 2.13. The third kappa shape index (κ3) is 4.56. The lowest BCUT2D eigenvalue weighted by Gasteiger charge is -2.09. The SMILES string of the molecule is CCOc1ccc(/C=N/NC(=O)c2ccc([N+](=O)[O-])c(C)c2)cc1OC. The number of carbonyl (C=O) groups excluding carboxylic acids is 1. The van der Waals surface area contributed by atoms with E-state index in [4.69, 9.17) is 9.47 Å². The number of hydrazone groups is 1. The van der Waals surface area contributed by atoms with Crippen molar-refractivity contribution in [1.29, 1.82) is 0 Å². The number of hydrogen-bond donors (Lipinski definition) is 1. The molecule has 26 heavy (non-hydrogen) atoms. The molecular weight excluding hydrogens is 338 g/mol. The Labute approximate surface area is 150 Å². The quantitative estimate of drug-likeness (QED) is 0.466. The number of rotatable bonds is 7. The van der Waals surface area contributed by atoms with Crippen molar-refractivity contribution in [3.63, 3.8) is 0 Å². The molecule has 0 aromatic heterocycles. The largest absolute Gasteiger partial charge is 0.493 e. The Bertz CT molecular complexity index is 849. The number of methoxy groups -OCH3 is 1. The van der Waals surface area contributed by atoms with Gasteiger partial charge in [0.15, 0.2) is 11.5 Å². The summed E-state index contributed by atoms with van der Waals surface area (Å²) in [4.78, 5) is 22.4. The second kappa shape index (κ2) is 8.61. The molecular formula is C18H19N3O5. The first-order valence-corrected chi connectivity index (χ1v) is 7.85. The van der Waals surface area contributed by atoms with Crippen LogP contribution in [0.2, 0.25) is 0 Å². The summed E-state index contributed by atoms with van der Waals surface area (Å²) in [6.45, 7) is 3.98. The Hall–Kier alpha value is -3.42. The first-order chi connectivity index (χ1) is 12.5. The highest BCUT2D eigenvalue weighted by Crippen LogP contribution is 2.27. The lowest BCUT2D eigenvalue weighted by molar-refractivity contribution is -0.385. The number of aryl methyl sites for hydroxylation is 1. The third-order valence-corrected chi connectivity index (χ3v) is 3.52. The van der Waals surface area contributed by atoms with E-state index < -0.39 is 10.8 Å². The van der Waals surface area contributed by atoms with Gasteiger partial charge in [-0.15, -0.1) is 0 Å². The Morgan fingerprint density at radius 1 is 1.27 bits per heavy atom. The molecule has 0 atom stereocenters. The first kappa shape index (κ1) is 18.9. The van der Waals surface area contributed by atoms with Crippen LogP contribution in [0.3, 0.4) is 0 Å². The molecule has 0 aliphatic rings. The summed E-state index contributed by atoms with van der Waals surface area (Å²) in [7, 11) is 1.54. The lowest BCUT2D eigenvalue weighted by atomic mass is 10.1. The third-order valence-electron chi connectivity index (χ3n) is 3.52. The van der Waals surface area contributed by atoms with Crippen molar-refractivity contribution in [2.45, 2.75) is 13.8 Å². The van der Waals surface area contributed by atoms with Crippen LogP contribution in [0.5, 0.6) is 11.5 Å². The first-order valence-electron chi connectivity index (χ1n) is 7.85. The molecule has 0 aliphatic carbocycles. The van der Waals surface area contributed by atoms with Crippen LogP contribution in [0.15, 0.2) is 41.5 Å². The van der Waals surface area contributed by atoms with Crippen molar-refractivity contribution in [1.82, 2.24) is 5.43 Å². The fraction of sp³-hybridized carbons (Fsp3) is 0.222. The van der Waals surface area contributed by atoms with Gasteiger partial charge in [-0.05, 0) is 49.7 Å². The second-order valence-electron chi connectivity index (χ2n) is 5.30. The zero-order valence-electron chi connectivity index (χ0n) is 14.7. The van der Waals surface area contributed by atoms with Gasteiger partial charge in [0.25, 0.3) is 11.6 Å². The molecule has 0 unspecified atom stereocenters. The van der Waals surface area contributed by atoms with Crippen LogP contribution in [0.4, 0.5) is 5.69 Å². The molecule has 1 N–H and O–H groups in total. The molecule has 8 heteroatoms. The molecule has 2 rings (SSSR count). The van der Waals surface area contributed by atoms with Gasteiger partial charge in [-0.3, -0.25) is 14.9 Å². The summed E-state index contributed by atoms with van der Waals surface area (Å²) < 4.78 is 10.7. The van der Waals surface area contributed by atoms with Gasteiger partial charge in [0.05, 0.1) is 24.9 Å². The average molecular weight is 357 g/mol. The smallest absolute Gasteiger partial charge is 0.272 e. The Balaban J connectivity index is 2.07. The molecule has 0 radical (unpaired) electrons. The molecule has 0 heterocycles. The standard InChI is InChI=1S/C18H19N3O5/c1-4-26-16-8-5-13(10-17(16)25-3)11-19-20-18(22)14-6-7-15(21(23)24)12(2)9-14/h5-11H,4H2,1-3H3,(H,20,22)/b19-11+. The summed E-state index contributed by atoms with van der Waals surface area (Å²) in [5.41, 5.74) is 3.76. The number of ether oxygens (including phenoxy) is 2. The van der Waals surface area contributed by atoms with Gasteiger partial charge < -0.3 is 9.47 Å². The average Bonchev–Trinajstić information content (AvgIpc) is 2.62. The molecule has 8 nitrogen and oxygen atoms in total. The summed E-state index contributed by atoms with van der Waals surface area (Å²) in [6, 6.07) is 9.39. The van der Waals surface area contributed by atoms with E-state index in [-0.39, 0.29) is 11.3 Å². The topological polar surface area (TPSA) is 103 Å². The van der Waals surface area contributed by atoms with Crippen LogP contribution in [0.25, 0.3) is 0 Å². The van der Waals surface area contributed by atoms with Crippen molar-refractivity contribution < 1.29 is 19.2 Å². The van der Waals surface area contributed by atoms with E-state index in [0.717, 1.165) is 0 Å². The number of carbonyl (C=O) groups is 1.